The quantitative estimate of drug-likeness (QED) is 0.369. The number of thiazole rings is 1. The molecule has 0 saturated carbocycles. The highest BCUT2D eigenvalue weighted by Gasteiger charge is 2.23. The van der Waals surface area contributed by atoms with Gasteiger partial charge in [0.25, 0.3) is 5.91 Å². The van der Waals surface area contributed by atoms with Crippen LogP contribution in [-0.2, 0) is 5.75 Å². The summed E-state index contributed by atoms with van der Waals surface area (Å²) in [6.07, 6.45) is 3.74. The fourth-order valence-corrected chi connectivity index (χ4v) is 5.38. The first kappa shape index (κ1) is 20.8. The SMILES string of the molecule is COc1ccccc1-n1c(SCc2nc(C(=O)N3CCCC3)cs2)nnc1-c1ccco1. The van der Waals surface area contributed by atoms with E-state index < -0.39 is 0 Å². The molecule has 164 valence electrons. The second kappa shape index (κ2) is 9.17. The van der Waals surface area contributed by atoms with Crippen LogP contribution >= 0.6 is 23.1 Å². The van der Waals surface area contributed by atoms with Crippen molar-refractivity contribution in [1.82, 2.24) is 24.6 Å². The number of thioether (sulfide) groups is 1. The lowest BCUT2D eigenvalue weighted by molar-refractivity contribution is 0.0787. The average Bonchev–Trinajstić information content (AvgIpc) is 3.64. The number of hydrogen-bond donors (Lipinski definition) is 0. The third-order valence-corrected chi connectivity index (χ3v) is 7.16. The first-order valence-electron chi connectivity index (χ1n) is 10.2. The molecule has 0 bridgehead atoms. The van der Waals surface area contributed by atoms with Crippen molar-refractivity contribution < 1.29 is 13.9 Å². The lowest BCUT2D eigenvalue weighted by atomic mass is 10.3. The number of likely N-dealkylation sites (tertiary alicyclic amines) is 1. The molecule has 1 aliphatic rings. The number of methoxy groups -OCH3 is 1. The van der Waals surface area contributed by atoms with Crippen LogP contribution in [-0.4, -0.2) is 50.8 Å². The molecule has 8 nitrogen and oxygen atoms in total. The largest absolute Gasteiger partial charge is 0.495 e. The van der Waals surface area contributed by atoms with E-state index in [1.54, 1.807) is 13.4 Å². The third kappa shape index (κ3) is 4.03. The maximum Gasteiger partial charge on any atom is 0.273 e. The Labute approximate surface area is 193 Å². The summed E-state index contributed by atoms with van der Waals surface area (Å²) in [6.45, 7) is 1.63. The molecular formula is C22H21N5O3S2. The number of amides is 1. The van der Waals surface area contributed by atoms with Gasteiger partial charge in [-0.1, -0.05) is 23.9 Å². The molecule has 1 fully saturated rings. The Morgan fingerprint density at radius 1 is 1.19 bits per heavy atom. The van der Waals surface area contributed by atoms with Gasteiger partial charge in [-0.25, -0.2) is 4.98 Å². The molecule has 32 heavy (non-hydrogen) atoms. The lowest BCUT2D eigenvalue weighted by Crippen LogP contribution is -2.27. The summed E-state index contributed by atoms with van der Waals surface area (Å²) in [4.78, 5) is 19.0. The van der Waals surface area contributed by atoms with E-state index >= 15 is 0 Å². The zero-order valence-corrected chi connectivity index (χ0v) is 19.1. The van der Waals surface area contributed by atoms with Gasteiger partial charge in [-0.3, -0.25) is 9.36 Å². The summed E-state index contributed by atoms with van der Waals surface area (Å²) in [7, 11) is 1.64. The van der Waals surface area contributed by atoms with Crippen molar-refractivity contribution in [2.24, 2.45) is 0 Å². The number of aromatic nitrogens is 4. The molecule has 0 N–H and O–H groups in total. The van der Waals surface area contributed by atoms with Crippen LogP contribution in [0.5, 0.6) is 5.75 Å². The molecule has 4 aromatic rings. The number of benzene rings is 1. The van der Waals surface area contributed by atoms with E-state index in [1.165, 1.54) is 23.1 Å². The summed E-state index contributed by atoms with van der Waals surface area (Å²) in [5.74, 6) is 2.50. The van der Waals surface area contributed by atoms with Gasteiger partial charge in [0.1, 0.15) is 16.5 Å². The van der Waals surface area contributed by atoms with Crippen LogP contribution in [0.15, 0.2) is 57.6 Å². The molecule has 0 unspecified atom stereocenters. The van der Waals surface area contributed by atoms with Crippen molar-refractivity contribution >= 4 is 29.0 Å². The minimum atomic E-state index is 0.0206. The molecule has 1 saturated heterocycles. The van der Waals surface area contributed by atoms with E-state index in [0.29, 0.717) is 33.9 Å². The van der Waals surface area contributed by atoms with Crippen molar-refractivity contribution in [1.29, 1.82) is 0 Å². The van der Waals surface area contributed by atoms with E-state index in [4.69, 9.17) is 9.15 Å². The molecule has 5 rings (SSSR count). The smallest absolute Gasteiger partial charge is 0.273 e. The van der Waals surface area contributed by atoms with Gasteiger partial charge in [-0.05, 0) is 37.1 Å². The van der Waals surface area contributed by atoms with Crippen LogP contribution in [0.3, 0.4) is 0 Å². The topological polar surface area (TPSA) is 86.3 Å². The van der Waals surface area contributed by atoms with Gasteiger partial charge >= 0.3 is 0 Å². The Kier molecular flexibility index (Phi) is 5.95. The van der Waals surface area contributed by atoms with Crippen LogP contribution in [0.1, 0.15) is 28.3 Å². The zero-order valence-electron chi connectivity index (χ0n) is 17.4. The summed E-state index contributed by atoms with van der Waals surface area (Å²) >= 11 is 2.99. The van der Waals surface area contributed by atoms with E-state index in [1.807, 2.05) is 51.2 Å². The maximum absolute atomic E-state index is 12.6. The number of hydrogen-bond acceptors (Lipinski definition) is 8. The highest BCUT2D eigenvalue weighted by atomic mass is 32.2. The Morgan fingerprint density at radius 2 is 2.03 bits per heavy atom. The fourth-order valence-electron chi connectivity index (χ4n) is 3.64. The second-order valence-electron chi connectivity index (χ2n) is 7.21. The Morgan fingerprint density at radius 3 is 2.81 bits per heavy atom. The van der Waals surface area contributed by atoms with Crippen molar-refractivity contribution in [3.63, 3.8) is 0 Å². The first-order valence-corrected chi connectivity index (χ1v) is 12.1. The highest BCUT2D eigenvalue weighted by Crippen LogP contribution is 2.34. The molecule has 0 atom stereocenters. The Balaban J connectivity index is 1.42. The van der Waals surface area contributed by atoms with Crippen molar-refractivity contribution in [2.75, 3.05) is 20.2 Å². The molecule has 1 amide bonds. The molecule has 10 heteroatoms. The second-order valence-corrected chi connectivity index (χ2v) is 9.09. The van der Waals surface area contributed by atoms with E-state index in [9.17, 15) is 4.79 Å². The Bertz CT molecular complexity index is 1210. The van der Waals surface area contributed by atoms with E-state index in [0.717, 1.165) is 36.6 Å². The van der Waals surface area contributed by atoms with Gasteiger partial charge in [0, 0.05) is 18.5 Å². The van der Waals surface area contributed by atoms with E-state index in [-0.39, 0.29) is 5.91 Å². The maximum atomic E-state index is 12.6. The summed E-state index contributed by atoms with van der Waals surface area (Å²) in [5.41, 5.74) is 1.34. The van der Waals surface area contributed by atoms with Gasteiger partial charge in [0.15, 0.2) is 10.9 Å². The van der Waals surface area contributed by atoms with Crippen LogP contribution in [0.25, 0.3) is 17.3 Å². The summed E-state index contributed by atoms with van der Waals surface area (Å²) < 4.78 is 13.1. The average molecular weight is 468 g/mol. The predicted octanol–water partition coefficient (Wildman–Crippen LogP) is 4.52. The first-order chi connectivity index (χ1) is 15.7. The molecule has 3 aromatic heterocycles. The van der Waals surface area contributed by atoms with E-state index in [2.05, 4.69) is 15.2 Å². The normalized spacial score (nSPS) is 13.6. The van der Waals surface area contributed by atoms with Crippen molar-refractivity contribution in [3.05, 3.63) is 58.7 Å². The number of carbonyl (C=O) groups is 1. The van der Waals surface area contributed by atoms with Crippen LogP contribution in [0, 0.1) is 0 Å². The highest BCUT2D eigenvalue weighted by molar-refractivity contribution is 7.98. The molecule has 4 heterocycles. The monoisotopic (exact) mass is 467 g/mol. The molecule has 0 radical (unpaired) electrons. The van der Waals surface area contributed by atoms with Gasteiger partial charge in [-0.15, -0.1) is 21.5 Å². The van der Waals surface area contributed by atoms with Gasteiger partial charge in [-0.2, -0.15) is 0 Å². The number of para-hydroxylation sites is 2. The van der Waals surface area contributed by atoms with Crippen LogP contribution in [0.2, 0.25) is 0 Å². The number of rotatable bonds is 7. The molecule has 0 aliphatic carbocycles. The number of furan rings is 1. The third-order valence-electron chi connectivity index (χ3n) is 5.19. The predicted molar refractivity (Wildman–Crippen MR) is 122 cm³/mol. The lowest BCUT2D eigenvalue weighted by Gasteiger charge is -2.13. The summed E-state index contributed by atoms with van der Waals surface area (Å²) in [6, 6.07) is 11.4. The minimum absolute atomic E-state index is 0.0206. The fraction of sp³-hybridized carbons (Fsp3) is 0.273. The van der Waals surface area contributed by atoms with Crippen LogP contribution in [0.4, 0.5) is 0 Å². The molecule has 1 aliphatic heterocycles. The minimum Gasteiger partial charge on any atom is -0.495 e. The molecule has 1 aromatic carbocycles. The summed E-state index contributed by atoms with van der Waals surface area (Å²) in [5, 5.41) is 12.2. The van der Waals surface area contributed by atoms with Gasteiger partial charge in [0.2, 0.25) is 5.82 Å². The van der Waals surface area contributed by atoms with Crippen molar-refractivity contribution in [2.45, 2.75) is 23.8 Å². The number of ether oxygens (including phenoxy) is 1. The van der Waals surface area contributed by atoms with Gasteiger partial charge in [0.05, 0.1) is 24.8 Å². The Hall–Kier alpha value is -3.11. The van der Waals surface area contributed by atoms with Gasteiger partial charge < -0.3 is 14.1 Å². The zero-order chi connectivity index (χ0) is 21.9. The number of nitrogens with zero attached hydrogens (tertiary/aromatic N) is 5. The molecule has 0 spiro atoms. The molecular weight excluding hydrogens is 446 g/mol. The standard InChI is InChI=1S/C22H21N5O3S2/c1-29-17-8-3-2-7-16(17)27-20(18-9-6-12-30-18)24-25-22(27)32-14-19-23-15(13-31-19)21(28)26-10-4-5-11-26/h2-3,6-9,12-13H,4-5,10-11,14H2,1H3. The van der Waals surface area contributed by atoms with Crippen LogP contribution < -0.4 is 4.74 Å². The van der Waals surface area contributed by atoms with Crippen molar-refractivity contribution in [3.8, 4) is 23.0 Å². The number of carbonyl (C=O) groups excluding carboxylic acids is 1.